The molecule has 3 aromatic rings. The molecule has 5 rings (SSSR count). The number of sulfonamides is 1. The van der Waals surface area contributed by atoms with Crippen molar-refractivity contribution in [2.45, 2.75) is 49.6 Å². The average molecular weight is 613 g/mol. The van der Waals surface area contributed by atoms with Crippen LogP contribution in [0.5, 0.6) is 5.75 Å². The SMILES string of the molecule is COc1ccc(-c2csc(CNC(=O)C3(CC(=O)O)Cc4ccccc4C3)n2)cc1S(=O)(=O)N1CCC(N(C)C)CC1. The van der Waals surface area contributed by atoms with Gasteiger partial charge in [0.25, 0.3) is 0 Å². The molecule has 2 aliphatic rings. The summed E-state index contributed by atoms with van der Waals surface area (Å²) in [7, 11) is 1.69. The van der Waals surface area contributed by atoms with E-state index >= 15 is 0 Å². The van der Waals surface area contributed by atoms with Crippen molar-refractivity contribution < 1.29 is 27.9 Å². The van der Waals surface area contributed by atoms with E-state index in [1.165, 1.54) is 22.8 Å². The number of thiazole rings is 1. The second kappa shape index (κ2) is 12.1. The van der Waals surface area contributed by atoms with Crippen molar-refractivity contribution in [2.75, 3.05) is 34.3 Å². The Morgan fingerprint density at radius 3 is 2.40 bits per heavy atom. The Kier molecular flexibility index (Phi) is 8.70. The summed E-state index contributed by atoms with van der Waals surface area (Å²) < 4.78 is 34.2. The molecule has 0 unspecified atom stereocenters. The minimum Gasteiger partial charge on any atom is -0.495 e. The van der Waals surface area contributed by atoms with Crippen LogP contribution in [0.1, 0.15) is 35.4 Å². The highest BCUT2D eigenvalue weighted by Crippen LogP contribution is 2.40. The van der Waals surface area contributed by atoms with E-state index in [2.05, 4.69) is 15.2 Å². The fourth-order valence-electron chi connectivity index (χ4n) is 5.99. The fourth-order valence-corrected chi connectivity index (χ4v) is 8.39. The van der Waals surface area contributed by atoms with Gasteiger partial charge < -0.3 is 20.1 Å². The number of hydrogen-bond acceptors (Lipinski definition) is 8. The third kappa shape index (κ3) is 6.07. The maximum Gasteiger partial charge on any atom is 0.304 e. The summed E-state index contributed by atoms with van der Waals surface area (Å²) >= 11 is 1.35. The van der Waals surface area contributed by atoms with Crippen LogP contribution in [0.3, 0.4) is 0 Å². The second-order valence-electron chi connectivity index (χ2n) is 11.2. The molecular weight excluding hydrogens is 576 g/mol. The minimum atomic E-state index is -3.79. The fraction of sp³-hybridized carbons (Fsp3) is 0.433. The summed E-state index contributed by atoms with van der Waals surface area (Å²) in [5.74, 6) is -1.05. The maximum absolute atomic E-state index is 13.6. The average Bonchev–Trinajstić information content (AvgIpc) is 3.60. The highest BCUT2D eigenvalue weighted by molar-refractivity contribution is 7.89. The third-order valence-corrected chi connectivity index (χ3v) is 11.1. The molecule has 2 aromatic carbocycles. The van der Waals surface area contributed by atoms with E-state index in [1.54, 1.807) is 18.2 Å². The second-order valence-corrected chi connectivity index (χ2v) is 14.1. The van der Waals surface area contributed by atoms with Gasteiger partial charge in [0, 0.05) is 30.1 Å². The van der Waals surface area contributed by atoms with Gasteiger partial charge in [-0.1, -0.05) is 24.3 Å². The molecular formula is C30H36N4O6S2. The molecule has 0 radical (unpaired) electrons. The molecule has 1 fully saturated rings. The third-order valence-electron chi connectivity index (χ3n) is 8.33. The van der Waals surface area contributed by atoms with E-state index in [4.69, 9.17) is 4.74 Å². The zero-order valence-corrected chi connectivity index (χ0v) is 25.6. The highest BCUT2D eigenvalue weighted by Gasteiger charge is 2.45. The number of nitrogens with zero attached hydrogens (tertiary/aromatic N) is 3. The number of aliphatic carboxylic acids is 1. The van der Waals surface area contributed by atoms with Gasteiger partial charge in [-0.05, 0) is 69.1 Å². The zero-order chi connectivity index (χ0) is 30.1. The number of hydrogen-bond donors (Lipinski definition) is 2. The number of piperidine rings is 1. The molecule has 10 nitrogen and oxygen atoms in total. The molecule has 42 heavy (non-hydrogen) atoms. The topological polar surface area (TPSA) is 129 Å². The van der Waals surface area contributed by atoms with Gasteiger partial charge in [0.05, 0.1) is 31.2 Å². The molecule has 0 spiro atoms. The van der Waals surface area contributed by atoms with Crippen molar-refractivity contribution in [1.29, 1.82) is 0 Å². The monoisotopic (exact) mass is 612 g/mol. The Labute approximate surface area is 250 Å². The molecule has 1 saturated heterocycles. The summed E-state index contributed by atoms with van der Waals surface area (Å²) in [6.45, 7) is 1.02. The van der Waals surface area contributed by atoms with Crippen LogP contribution in [-0.4, -0.2) is 79.9 Å². The van der Waals surface area contributed by atoms with E-state index in [9.17, 15) is 23.1 Å². The van der Waals surface area contributed by atoms with Crippen LogP contribution in [0.15, 0.2) is 52.7 Å². The molecule has 2 N–H and O–H groups in total. The summed E-state index contributed by atoms with van der Waals surface area (Å²) in [5, 5.41) is 14.9. The standard InChI is InChI=1S/C30H36N4O6S2/c1-33(2)23-10-12-34(13-11-23)42(38,39)26-14-20(8-9-25(26)40-3)24-19-41-27(32-24)18-31-29(37)30(17-28(35)36)15-21-6-4-5-7-22(21)16-30/h4-9,14,19,23H,10-13,15-18H2,1-3H3,(H,31,37)(H,35,36). The van der Waals surface area contributed by atoms with Crippen LogP contribution in [0.2, 0.25) is 0 Å². The van der Waals surface area contributed by atoms with Gasteiger partial charge in [0.1, 0.15) is 15.7 Å². The normalized spacial score (nSPS) is 17.2. The number of fused-ring (bicyclic) bond motifs is 1. The number of nitrogens with one attached hydrogen (secondary N) is 1. The first-order valence-corrected chi connectivity index (χ1v) is 16.2. The number of ether oxygens (including phenoxy) is 1. The highest BCUT2D eigenvalue weighted by atomic mass is 32.2. The molecule has 1 aromatic heterocycles. The van der Waals surface area contributed by atoms with Crippen molar-refractivity contribution in [3.05, 3.63) is 64.0 Å². The number of carbonyl (C=O) groups excluding carboxylic acids is 1. The first kappa shape index (κ1) is 30.1. The molecule has 224 valence electrons. The van der Waals surface area contributed by atoms with Crippen molar-refractivity contribution in [1.82, 2.24) is 19.5 Å². The van der Waals surface area contributed by atoms with E-state index in [0.29, 0.717) is 48.2 Å². The smallest absolute Gasteiger partial charge is 0.304 e. The van der Waals surface area contributed by atoms with Crippen LogP contribution in [0.25, 0.3) is 11.3 Å². The first-order chi connectivity index (χ1) is 20.0. The van der Waals surface area contributed by atoms with Crippen LogP contribution in [0, 0.1) is 5.41 Å². The summed E-state index contributed by atoms with van der Waals surface area (Å²) in [4.78, 5) is 31.9. The van der Waals surface area contributed by atoms with Gasteiger partial charge in [0.2, 0.25) is 15.9 Å². The van der Waals surface area contributed by atoms with E-state index in [1.807, 2.05) is 43.7 Å². The van der Waals surface area contributed by atoms with Gasteiger partial charge >= 0.3 is 5.97 Å². The van der Waals surface area contributed by atoms with Gasteiger partial charge in [-0.3, -0.25) is 9.59 Å². The molecule has 2 heterocycles. The predicted molar refractivity (Wildman–Crippen MR) is 160 cm³/mol. The molecule has 0 atom stereocenters. The summed E-state index contributed by atoms with van der Waals surface area (Å²) in [5.41, 5.74) is 2.16. The van der Waals surface area contributed by atoms with Crippen LogP contribution >= 0.6 is 11.3 Å². The predicted octanol–water partition coefficient (Wildman–Crippen LogP) is 3.41. The van der Waals surface area contributed by atoms with Gasteiger partial charge in [-0.25, -0.2) is 13.4 Å². The van der Waals surface area contributed by atoms with Crippen molar-refractivity contribution in [3.63, 3.8) is 0 Å². The van der Waals surface area contributed by atoms with Gasteiger partial charge in [0.15, 0.2) is 0 Å². The Hall–Kier alpha value is -3.32. The van der Waals surface area contributed by atoms with Gasteiger partial charge in [-0.2, -0.15) is 4.31 Å². The van der Waals surface area contributed by atoms with Crippen molar-refractivity contribution in [3.8, 4) is 17.0 Å². The first-order valence-electron chi connectivity index (χ1n) is 13.9. The van der Waals surface area contributed by atoms with E-state index in [-0.39, 0.29) is 29.5 Å². The Morgan fingerprint density at radius 2 is 1.81 bits per heavy atom. The lowest BCUT2D eigenvalue weighted by Gasteiger charge is -2.34. The molecule has 0 saturated carbocycles. The molecule has 1 amide bonds. The lowest BCUT2D eigenvalue weighted by molar-refractivity contribution is -0.145. The van der Waals surface area contributed by atoms with Crippen molar-refractivity contribution >= 4 is 33.2 Å². The number of benzene rings is 2. The molecule has 0 bridgehead atoms. The van der Waals surface area contributed by atoms with Gasteiger partial charge in [-0.15, -0.1) is 11.3 Å². The number of rotatable bonds is 10. The van der Waals surface area contributed by atoms with E-state index < -0.39 is 21.4 Å². The maximum atomic E-state index is 13.6. The van der Waals surface area contributed by atoms with E-state index in [0.717, 1.165) is 24.0 Å². The van der Waals surface area contributed by atoms with Crippen LogP contribution in [0.4, 0.5) is 0 Å². The zero-order valence-electron chi connectivity index (χ0n) is 24.0. The largest absolute Gasteiger partial charge is 0.495 e. The number of carboxylic acid groups (broad SMARTS) is 1. The number of carboxylic acids is 1. The number of carbonyl (C=O) groups is 2. The molecule has 1 aliphatic carbocycles. The lowest BCUT2D eigenvalue weighted by atomic mass is 9.80. The molecule has 12 heteroatoms. The Balaban J connectivity index is 1.31. The lowest BCUT2D eigenvalue weighted by Crippen LogP contribution is -2.44. The Morgan fingerprint density at radius 1 is 1.14 bits per heavy atom. The molecule has 1 aliphatic heterocycles. The van der Waals surface area contributed by atoms with Crippen LogP contribution in [-0.2, 0) is 39.0 Å². The summed E-state index contributed by atoms with van der Waals surface area (Å²) in [6, 6.07) is 13.0. The quantitative estimate of drug-likeness (QED) is 0.357. The minimum absolute atomic E-state index is 0.102. The van der Waals surface area contributed by atoms with Crippen molar-refractivity contribution in [2.24, 2.45) is 5.41 Å². The summed E-state index contributed by atoms with van der Waals surface area (Å²) in [6.07, 6.45) is 2.01. The number of methoxy groups -OCH3 is 1. The Bertz CT molecular complexity index is 1550. The number of amides is 1. The number of aromatic nitrogens is 1. The van der Waals surface area contributed by atoms with Crippen LogP contribution < -0.4 is 10.1 Å².